The predicted octanol–water partition coefficient (Wildman–Crippen LogP) is 2.43. The minimum atomic E-state index is 0.170. The van der Waals surface area contributed by atoms with E-state index in [0.717, 1.165) is 21.1 Å². The molecular formula is C11H13BrN2O. The van der Waals surface area contributed by atoms with Crippen LogP contribution in [0.4, 0.5) is 0 Å². The zero-order chi connectivity index (χ0) is 11.0. The lowest BCUT2D eigenvalue weighted by atomic mass is 10.0. The SMILES string of the molecule is CC(CO)c1ccc2c(Br)nn(C)c2c1. The lowest BCUT2D eigenvalue weighted by Crippen LogP contribution is -1.99. The Balaban J connectivity index is 2.60. The molecule has 0 fully saturated rings. The molecule has 0 bridgehead atoms. The molecule has 1 atom stereocenters. The maximum Gasteiger partial charge on any atom is 0.135 e. The van der Waals surface area contributed by atoms with Crippen LogP contribution < -0.4 is 0 Å². The summed E-state index contributed by atoms with van der Waals surface area (Å²) in [4.78, 5) is 0. The summed E-state index contributed by atoms with van der Waals surface area (Å²) in [6.45, 7) is 2.18. The number of benzene rings is 1. The van der Waals surface area contributed by atoms with Crippen molar-refractivity contribution in [2.24, 2.45) is 7.05 Å². The van der Waals surface area contributed by atoms with Gasteiger partial charge >= 0.3 is 0 Å². The molecule has 0 radical (unpaired) electrons. The molecule has 4 heteroatoms. The molecule has 1 N–H and O–H groups in total. The number of hydrogen-bond acceptors (Lipinski definition) is 2. The number of halogens is 1. The largest absolute Gasteiger partial charge is 0.396 e. The van der Waals surface area contributed by atoms with E-state index in [9.17, 15) is 0 Å². The maximum absolute atomic E-state index is 9.10. The third kappa shape index (κ3) is 1.79. The van der Waals surface area contributed by atoms with Crippen LogP contribution in [0.5, 0.6) is 0 Å². The summed E-state index contributed by atoms with van der Waals surface area (Å²) in [6, 6.07) is 6.15. The topological polar surface area (TPSA) is 38.1 Å². The Kier molecular flexibility index (Phi) is 2.80. The van der Waals surface area contributed by atoms with Crippen molar-refractivity contribution < 1.29 is 5.11 Å². The fraction of sp³-hybridized carbons (Fsp3) is 0.364. The van der Waals surface area contributed by atoms with Crippen LogP contribution in [0.25, 0.3) is 10.9 Å². The van der Waals surface area contributed by atoms with Gasteiger partial charge < -0.3 is 5.11 Å². The molecule has 1 aromatic heterocycles. The molecule has 1 aromatic carbocycles. The summed E-state index contributed by atoms with van der Waals surface area (Å²) in [6.07, 6.45) is 0. The molecular weight excluding hydrogens is 256 g/mol. The van der Waals surface area contributed by atoms with E-state index in [0.29, 0.717) is 0 Å². The molecule has 0 saturated heterocycles. The van der Waals surface area contributed by atoms with Gasteiger partial charge in [0.1, 0.15) is 4.60 Å². The highest BCUT2D eigenvalue weighted by Crippen LogP contribution is 2.26. The fourth-order valence-corrected chi connectivity index (χ4v) is 2.22. The van der Waals surface area contributed by atoms with Crippen molar-refractivity contribution in [2.75, 3.05) is 6.61 Å². The number of hydrogen-bond donors (Lipinski definition) is 1. The van der Waals surface area contributed by atoms with E-state index in [1.807, 2.05) is 30.8 Å². The van der Waals surface area contributed by atoms with E-state index in [4.69, 9.17) is 5.11 Å². The molecule has 15 heavy (non-hydrogen) atoms. The van der Waals surface area contributed by atoms with Crippen LogP contribution in [0, 0.1) is 0 Å². The lowest BCUT2D eigenvalue weighted by molar-refractivity contribution is 0.273. The Labute approximate surface area is 96.8 Å². The van der Waals surface area contributed by atoms with Crippen molar-refractivity contribution in [3.8, 4) is 0 Å². The van der Waals surface area contributed by atoms with Gasteiger partial charge in [-0.05, 0) is 33.6 Å². The maximum atomic E-state index is 9.10. The highest BCUT2D eigenvalue weighted by atomic mass is 79.9. The second kappa shape index (κ2) is 3.94. The number of nitrogens with zero attached hydrogens (tertiary/aromatic N) is 2. The first kappa shape index (κ1) is 10.6. The van der Waals surface area contributed by atoms with E-state index in [2.05, 4.69) is 27.1 Å². The summed E-state index contributed by atoms with van der Waals surface area (Å²) < 4.78 is 2.70. The second-order valence-electron chi connectivity index (χ2n) is 3.77. The van der Waals surface area contributed by atoms with Crippen LogP contribution in [-0.4, -0.2) is 21.5 Å². The average Bonchev–Trinajstić information content (AvgIpc) is 2.53. The van der Waals surface area contributed by atoms with Gasteiger partial charge in [0, 0.05) is 25.0 Å². The van der Waals surface area contributed by atoms with Crippen molar-refractivity contribution in [2.45, 2.75) is 12.8 Å². The number of aliphatic hydroxyl groups excluding tert-OH is 1. The third-order valence-electron chi connectivity index (χ3n) is 2.67. The third-order valence-corrected chi connectivity index (χ3v) is 3.26. The Bertz CT molecular complexity index is 493. The Morgan fingerprint density at radius 3 is 2.93 bits per heavy atom. The van der Waals surface area contributed by atoms with Gasteiger partial charge in [-0.1, -0.05) is 13.0 Å². The first-order valence-electron chi connectivity index (χ1n) is 4.86. The summed E-state index contributed by atoms with van der Waals surface area (Å²) in [5.41, 5.74) is 2.22. The molecule has 2 rings (SSSR count). The van der Waals surface area contributed by atoms with E-state index in [1.54, 1.807) is 0 Å². The van der Waals surface area contributed by atoms with Crippen molar-refractivity contribution >= 4 is 26.8 Å². The highest BCUT2D eigenvalue weighted by Gasteiger charge is 2.09. The summed E-state index contributed by atoms with van der Waals surface area (Å²) >= 11 is 3.42. The van der Waals surface area contributed by atoms with Crippen LogP contribution >= 0.6 is 15.9 Å². The minimum absolute atomic E-state index is 0.170. The smallest absolute Gasteiger partial charge is 0.135 e. The number of aryl methyl sites for hydroxylation is 1. The summed E-state index contributed by atoms with van der Waals surface area (Å²) in [5.74, 6) is 0.170. The van der Waals surface area contributed by atoms with Crippen LogP contribution in [0.15, 0.2) is 22.8 Å². The molecule has 0 amide bonds. The van der Waals surface area contributed by atoms with Crippen LogP contribution in [0.2, 0.25) is 0 Å². The van der Waals surface area contributed by atoms with Gasteiger partial charge in [0.05, 0.1) is 5.52 Å². The van der Waals surface area contributed by atoms with Crippen molar-refractivity contribution in [3.05, 3.63) is 28.4 Å². The molecule has 0 aliphatic carbocycles. The van der Waals surface area contributed by atoms with Gasteiger partial charge in [0.25, 0.3) is 0 Å². The summed E-state index contributed by atoms with van der Waals surface area (Å²) in [5, 5.41) is 14.5. The lowest BCUT2D eigenvalue weighted by Gasteiger charge is -2.08. The molecule has 1 heterocycles. The molecule has 0 saturated carbocycles. The fourth-order valence-electron chi connectivity index (χ4n) is 1.64. The Hall–Kier alpha value is -0.870. The van der Waals surface area contributed by atoms with Gasteiger partial charge in [-0.25, -0.2) is 0 Å². The molecule has 2 aromatic rings. The number of aliphatic hydroxyl groups is 1. The van der Waals surface area contributed by atoms with Crippen LogP contribution in [0.1, 0.15) is 18.4 Å². The molecule has 0 aliphatic heterocycles. The zero-order valence-electron chi connectivity index (χ0n) is 8.74. The average molecular weight is 269 g/mol. The first-order chi connectivity index (χ1) is 7.13. The molecule has 80 valence electrons. The van der Waals surface area contributed by atoms with Crippen LogP contribution in [-0.2, 0) is 7.05 Å². The van der Waals surface area contributed by atoms with E-state index >= 15 is 0 Å². The van der Waals surface area contributed by atoms with Crippen molar-refractivity contribution in [1.29, 1.82) is 0 Å². The quantitative estimate of drug-likeness (QED) is 0.909. The molecule has 3 nitrogen and oxygen atoms in total. The first-order valence-corrected chi connectivity index (χ1v) is 5.65. The van der Waals surface area contributed by atoms with Gasteiger partial charge in [0.2, 0.25) is 0 Å². The number of rotatable bonds is 2. The van der Waals surface area contributed by atoms with E-state index < -0.39 is 0 Å². The Morgan fingerprint density at radius 2 is 2.27 bits per heavy atom. The van der Waals surface area contributed by atoms with Gasteiger partial charge in [0.15, 0.2) is 0 Å². The van der Waals surface area contributed by atoms with Gasteiger partial charge in [-0.15, -0.1) is 0 Å². The van der Waals surface area contributed by atoms with Crippen molar-refractivity contribution in [3.63, 3.8) is 0 Å². The number of fused-ring (bicyclic) bond motifs is 1. The standard InChI is InChI=1S/C11H13BrN2O/c1-7(6-15)8-3-4-9-10(5-8)14(2)13-11(9)12/h3-5,7,15H,6H2,1-2H3. The molecule has 0 spiro atoms. The van der Waals surface area contributed by atoms with E-state index in [-0.39, 0.29) is 12.5 Å². The van der Waals surface area contributed by atoms with Gasteiger partial charge in [-0.2, -0.15) is 5.10 Å². The second-order valence-corrected chi connectivity index (χ2v) is 4.53. The Morgan fingerprint density at radius 1 is 1.53 bits per heavy atom. The molecule has 1 unspecified atom stereocenters. The molecule has 0 aliphatic rings. The monoisotopic (exact) mass is 268 g/mol. The highest BCUT2D eigenvalue weighted by molar-refractivity contribution is 9.10. The van der Waals surface area contributed by atoms with Gasteiger partial charge in [-0.3, -0.25) is 4.68 Å². The predicted molar refractivity (Wildman–Crippen MR) is 63.9 cm³/mol. The number of aromatic nitrogens is 2. The summed E-state index contributed by atoms with van der Waals surface area (Å²) in [7, 11) is 1.92. The minimum Gasteiger partial charge on any atom is -0.396 e. The van der Waals surface area contributed by atoms with Crippen LogP contribution in [0.3, 0.4) is 0 Å². The van der Waals surface area contributed by atoms with Crippen molar-refractivity contribution in [1.82, 2.24) is 9.78 Å². The normalized spacial score (nSPS) is 13.3. The van der Waals surface area contributed by atoms with E-state index in [1.165, 1.54) is 0 Å². The zero-order valence-corrected chi connectivity index (χ0v) is 10.3.